The number of hydrogen-bond acceptors (Lipinski definition) is 5. The average Bonchev–Trinajstić information content (AvgIpc) is 3.10. The Balaban J connectivity index is 1.56. The minimum atomic E-state index is -0.212. The highest BCUT2D eigenvalue weighted by Gasteiger charge is 2.18. The lowest BCUT2D eigenvalue weighted by Crippen LogP contribution is -2.23. The van der Waals surface area contributed by atoms with E-state index in [1.807, 2.05) is 6.07 Å². The molecule has 1 aliphatic rings. The third kappa shape index (κ3) is 3.37. The molecule has 3 rings (SSSR count). The molecule has 106 valence electrons. The quantitative estimate of drug-likeness (QED) is 0.859. The molecule has 1 aliphatic heterocycles. The van der Waals surface area contributed by atoms with Gasteiger partial charge in [-0.05, 0) is 31.5 Å². The first-order valence-electron chi connectivity index (χ1n) is 6.73. The molecule has 1 N–H and O–H groups in total. The van der Waals surface area contributed by atoms with E-state index < -0.39 is 0 Å². The van der Waals surface area contributed by atoms with E-state index in [-0.39, 0.29) is 5.82 Å². The maximum atomic E-state index is 13.5. The molecule has 2 aromatic rings. The zero-order chi connectivity index (χ0) is 13.8. The second-order valence-corrected chi connectivity index (χ2v) is 5.84. The number of halogens is 1. The van der Waals surface area contributed by atoms with Crippen LogP contribution < -0.4 is 5.32 Å². The van der Waals surface area contributed by atoms with Gasteiger partial charge in [0.25, 0.3) is 0 Å². The van der Waals surface area contributed by atoms with E-state index in [0.29, 0.717) is 28.4 Å². The molecule has 6 heteroatoms. The largest absolute Gasteiger partial charge is 0.339 e. The van der Waals surface area contributed by atoms with E-state index in [1.54, 1.807) is 12.1 Å². The molecule has 0 spiro atoms. The van der Waals surface area contributed by atoms with Crippen LogP contribution in [0.4, 0.5) is 4.39 Å². The van der Waals surface area contributed by atoms with Crippen LogP contribution in [-0.2, 0) is 12.2 Å². The first-order chi connectivity index (χ1) is 9.81. The Morgan fingerprint density at radius 1 is 1.40 bits per heavy atom. The fourth-order valence-electron chi connectivity index (χ4n) is 2.28. The number of rotatable bonds is 5. The van der Waals surface area contributed by atoms with Crippen LogP contribution in [0.3, 0.4) is 0 Å². The monoisotopic (exact) mass is 293 g/mol. The minimum Gasteiger partial charge on any atom is -0.339 e. The molecule has 1 fully saturated rings. The molecular formula is C14H16FN3OS. The molecule has 1 saturated heterocycles. The molecular weight excluding hydrogens is 277 g/mol. The fraction of sp³-hybridized carbons (Fsp3) is 0.429. The van der Waals surface area contributed by atoms with E-state index in [9.17, 15) is 4.39 Å². The number of thioether (sulfide) groups is 1. The van der Waals surface area contributed by atoms with Crippen LogP contribution in [-0.4, -0.2) is 22.7 Å². The van der Waals surface area contributed by atoms with Crippen LogP contribution in [0.5, 0.6) is 0 Å². The first kappa shape index (κ1) is 13.6. The zero-order valence-corrected chi connectivity index (χ0v) is 11.8. The SMILES string of the molecule is Fc1ccccc1SCc1noc(CC2CCCN2)n1. The topological polar surface area (TPSA) is 51.0 Å². The number of hydrogen-bond donors (Lipinski definition) is 1. The predicted octanol–water partition coefficient (Wildman–Crippen LogP) is 2.80. The highest BCUT2D eigenvalue weighted by Crippen LogP contribution is 2.24. The summed E-state index contributed by atoms with van der Waals surface area (Å²) >= 11 is 1.38. The molecule has 1 atom stereocenters. The van der Waals surface area contributed by atoms with E-state index in [0.717, 1.165) is 19.4 Å². The molecule has 1 aromatic heterocycles. The Bertz CT molecular complexity index is 569. The third-order valence-electron chi connectivity index (χ3n) is 3.29. The van der Waals surface area contributed by atoms with Gasteiger partial charge in [-0.25, -0.2) is 4.39 Å². The summed E-state index contributed by atoms with van der Waals surface area (Å²) in [5.74, 6) is 1.58. The Labute approximate surface area is 121 Å². The summed E-state index contributed by atoms with van der Waals surface area (Å²) in [6, 6.07) is 7.15. The third-order valence-corrected chi connectivity index (χ3v) is 4.33. The van der Waals surface area contributed by atoms with Crippen LogP contribution in [0.25, 0.3) is 0 Å². The van der Waals surface area contributed by atoms with Gasteiger partial charge in [-0.15, -0.1) is 11.8 Å². The highest BCUT2D eigenvalue weighted by atomic mass is 32.2. The van der Waals surface area contributed by atoms with Crippen LogP contribution in [0.2, 0.25) is 0 Å². The van der Waals surface area contributed by atoms with Crippen molar-refractivity contribution in [2.45, 2.75) is 36.0 Å². The van der Waals surface area contributed by atoms with E-state index in [2.05, 4.69) is 15.5 Å². The second-order valence-electron chi connectivity index (χ2n) is 4.82. The van der Waals surface area contributed by atoms with E-state index in [4.69, 9.17) is 4.52 Å². The number of benzene rings is 1. The molecule has 0 saturated carbocycles. The lowest BCUT2D eigenvalue weighted by atomic mass is 10.2. The van der Waals surface area contributed by atoms with Gasteiger partial charge in [0.1, 0.15) is 5.82 Å². The van der Waals surface area contributed by atoms with Gasteiger partial charge in [0.15, 0.2) is 5.82 Å². The Hall–Kier alpha value is -1.40. The van der Waals surface area contributed by atoms with Gasteiger partial charge in [0.2, 0.25) is 5.89 Å². The van der Waals surface area contributed by atoms with Crippen molar-refractivity contribution in [3.63, 3.8) is 0 Å². The van der Waals surface area contributed by atoms with Crippen molar-refractivity contribution in [1.29, 1.82) is 0 Å². The predicted molar refractivity (Wildman–Crippen MR) is 75.0 cm³/mol. The maximum Gasteiger partial charge on any atom is 0.228 e. The van der Waals surface area contributed by atoms with Crippen molar-refractivity contribution in [3.05, 3.63) is 41.8 Å². The highest BCUT2D eigenvalue weighted by molar-refractivity contribution is 7.98. The van der Waals surface area contributed by atoms with Crippen molar-refractivity contribution in [3.8, 4) is 0 Å². The molecule has 0 amide bonds. The van der Waals surface area contributed by atoms with Crippen LogP contribution in [0.1, 0.15) is 24.6 Å². The molecule has 0 bridgehead atoms. The van der Waals surface area contributed by atoms with Gasteiger partial charge in [-0.1, -0.05) is 17.3 Å². The van der Waals surface area contributed by atoms with Gasteiger partial charge in [-0.2, -0.15) is 4.98 Å². The summed E-state index contributed by atoms with van der Waals surface area (Å²) in [5.41, 5.74) is 0. The van der Waals surface area contributed by atoms with Crippen LogP contribution >= 0.6 is 11.8 Å². The van der Waals surface area contributed by atoms with Gasteiger partial charge >= 0.3 is 0 Å². The molecule has 20 heavy (non-hydrogen) atoms. The average molecular weight is 293 g/mol. The lowest BCUT2D eigenvalue weighted by molar-refractivity contribution is 0.361. The smallest absolute Gasteiger partial charge is 0.228 e. The lowest BCUT2D eigenvalue weighted by Gasteiger charge is -2.04. The van der Waals surface area contributed by atoms with Crippen LogP contribution in [0.15, 0.2) is 33.7 Å². The Morgan fingerprint density at radius 3 is 3.10 bits per heavy atom. The van der Waals surface area contributed by atoms with E-state index in [1.165, 1.54) is 24.2 Å². The summed E-state index contributed by atoms with van der Waals surface area (Å²) in [6.45, 7) is 1.06. The van der Waals surface area contributed by atoms with Crippen LogP contribution in [0, 0.1) is 5.82 Å². The van der Waals surface area contributed by atoms with Crippen molar-refractivity contribution >= 4 is 11.8 Å². The Morgan fingerprint density at radius 2 is 2.30 bits per heavy atom. The number of nitrogens with one attached hydrogen (secondary N) is 1. The zero-order valence-electron chi connectivity index (χ0n) is 11.0. The normalized spacial score (nSPS) is 18.6. The van der Waals surface area contributed by atoms with Crippen molar-refractivity contribution in [1.82, 2.24) is 15.5 Å². The first-order valence-corrected chi connectivity index (χ1v) is 7.72. The summed E-state index contributed by atoms with van der Waals surface area (Å²) in [7, 11) is 0. The number of nitrogens with zero attached hydrogens (tertiary/aromatic N) is 2. The minimum absolute atomic E-state index is 0.212. The molecule has 0 aliphatic carbocycles. The van der Waals surface area contributed by atoms with Gasteiger partial charge in [0.05, 0.1) is 5.75 Å². The second kappa shape index (κ2) is 6.37. The van der Waals surface area contributed by atoms with Gasteiger partial charge in [-0.3, -0.25) is 0 Å². The van der Waals surface area contributed by atoms with Crippen molar-refractivity contribution in [2.24, 2.45) is 0 Å². The fourth-order valence-corrected chi connectivity index (χ4v) is 3.06. The summed E-state index contributed by atoms with van der Waals surface area (Å²) in [6.07, 6.45) is 3.13. The van der Waals surface area contributed by atoms with Crippen molar-refractivity contribution < 1.29 is 8.91 Å². The molecule has 4 nitrogen and oxygen atoms in total. The standard InChI is InChI=1S/C14H16FN3OS/c15-11-5-1-2-6-12(11)20-9-13-17-14(19-18-13)8-10-4-3-7-16-10/h1-2,5-6,10,16H,3-4,7-9H2. The Kier molecular flexibility index (Phi) is 4.32. The molecule has 1 unspecified atom stereocenters. The van der Waals surface area contributed by atoms with Gasteiger partial charge < -0.3 is 9.84 Å². The summed E-state index contributed by atoms with van der Waals surface area (Å²) < 4.78 is 18.7. The summed E-state index contributed by atoms with van der Waals surface area (Å²) in [4.78, 5) is 4.97. The maximum absolute atomic E-state index is 13.5. The molecule has 0 radical (unpaired) electrons. The number of aromatic nitrogens is 2. The molecule has 2 heterocycles. The van der Waals surface area contributed by atoms with Gasteiger partial charge in [0, 0.05) is 17.4 Å². The summed E-state index contributed by atoms with van der Waals surface area (Å²) in [5, 5.41) is 7.34. The molecule has 1 aromatic carbocycles. The van der Waals surface area contributed by atoms with E-state index >= 15 is 0 Å². The van der Waals surface area contributed by atoms with Crippen molar-refractivity contribution in [2.75, 3.05) is 6.54 Å².